The van der Waals surface area contributed by atoms with Crippen molar-refractivity contribution in [2.24, 2.45) is 0 Å². The maximum atomic E-state index is 10.6. The molecule has 1 aliphatic heterocycles. The molecule has 5 heteroatoms. The van der Waals surface area contributed by atoms with E-state index >= 15 is 0 Å². The fraction of sp³-hybridized carbons (Fsp3) is 0.455. The number of nitro benzene ring substituents is 1. The number of hydrogen-bond donors (Lipinski definition) is 1. The summed E-state index contributed by atoms with van der Waals surface area (Å²) in [6.07, 6.45) is 2.53. The summed E-state index contributed by atoms with van der Waals surface area (Å²) in [5.41, 5.74) is 0.978. The zero-order valence-corrected chi connectivity index (χ0v) is 9.70. The minimum atomic E-state index is -0.366. The Hall–Kier alpha value is -1.23. The Labute approximate surface area is 98.6 Å². The largest absolute Gasteiger partial charge is 0.384 e. The van der Waals surface area contributed by atoms with Crippen LogP contribution in [0.5, 0.6) is 0 Å². The van der Waals surface area contributed by atoms with Crippen molar-refractivity contribution in [3.63, 3.8) is 0 Å². The average Bonchev–Trinajstić information content (AvgIpc) is 2.79. The molecule has 1 fully saturated rings. The van der Waals surface area contributed by atoms with Gasteiger partial charge in [-0.3, -0.25) is 10.1 Å². The van der Waals surface area contributed by atoms with E-state index in [0.717, 1.165) is 12.2 Å². The van der Waals surface area contributed by atoms with E-state index in [1.54, 1.807) is 12.1 Å². The van der Waals surface area contributed by atoms with Crippen molar-refractivity contribution in [2.75, 3.05) is 17.6 Å². The molecule has 1 aliphatic rings. The topological polar surface area (TPSA) is 55.2 Å². The first-order valence-corrected chi connectivity index (χ1v) is 6.40. The standard InChI is InChI=1S/C11H14N2O2S/c14-13(15)10-4-1-3-9(7-10)12-8-11-5-2-6-16-11/h1,3-4,7,11-12H,2,5-6,8H2. The first-order valence-electron chi connectivity index (χ1n) is 5.35. The van der Waals surface area contributed by atoms with Gasteiger partial charge in [0, 0.05) is 29.6 Å². The van der Waals surface area contributed by atoms with Crippen LogP contribution in [0.25, 0.3) is 0 Å². The van der Waals surface area contributed by atoms with Gasteiger partial charge in [0.05, 0.1) is 4.92 Å². The summed E-state index contributed by atoms with van der Waals surface area (Å²) < 4.78 is 0. The maximum Gasteiger partial charge on any atom is 0.271 e. The zero-order chi connectivity index (χ0) is 11.4. The number of anilines is 1. The summed E-state index contributed by atoms with van der Waals surface area (Å²) in [7, 11) is 0. The summed E-state index contributed by atoms with van der Waals surface area (Å²) in [6.45, 7) is 0.895. The van der Waals surface area contributed by atoms with E-state index in [9.17, 15) is 10.1 Å². The lowest BCUT2D eigenvalue weighted by Crippen LogP contribution is -2.13. The summed E-state index contributed by atoms with van der Waals surface area (Å²) >= 11 is 1.98. The molecule has 0 bridgehead atoms. The molecule has 0 radical (unpaired) electrons. The number of hydrogen-bond acceptors (Lipinski definition) is 4. The number of rotatable bonds is 4. The monoisotopic (exact) mass is 238 g/mol. The Morgan fingerprint density at radius 3 is 3.12 bits per heavy atom. The fourth-order valence-corrected chi connectivity index (χ4v) is 2.97. The number of benzene rings is 1. The molecule has 0 saturated carbocycles. The minimum absolute atomic E-state index is 0.143. The first-order chi connectivity index (χ1) is 7.75. The van der Waals surface area contributed by atoms with Crippen LogP contribution >= 0.6 is 11.8 Å². The molecule has 4 nitrogen and oxygen atoms in total. The van der Waals surface area contributed by atoms with Gasteiger partial charge in [-0.05, 0) is 24.7 Å². The van der Waals surface area contributed by atoms with Crippen molar-refractivity contribution in [3.8, 4) is 0 Å². The van der Waals surface area contributed by atoms with E-state index < -0.39 is 0 Å². The molecule has 1 atom stereocenters. The van der Waals surface area contributed by atoms with Crippen LogP contribution in [0.4, 0.5) is 11.4 Å². The van der Waals surface area contributed by atoms with Crippen LogP contribution in [0.15, 0.2) is 24.3 Å². The highest BCUT2D eigenvalue weighted by Gasteiger charge is 2.15. The van der Waals surface area contributed by atoms with E-state index in [1.807, 2.05) is 17.8 Å². The van der Waals surface area contributed by atoms with Gasteiger partial charge in [0.15, 0.2) is 0 Å². The second kappa shape index (κ2) is 5.21. The molecule has 86 valence electrons. The molecule has 0 spiro atoms. The minimum Gasteiger partial charge on any atom is -0.384 e. The van der Waals surface area contributed by atoms with Crippen molar-refractivity contribution >= 4 is 23.1 Å². The molecule has 1 heterocycles. The Kier molecular flexibility index (Phi) is 3.66. The fourth-order valence-electron chi connectivity index (χ4n) is 1.77. The number of nitrogens with one attached hydrogen (secondary N) is 1. The summed E-state index contributed by atoms with van der Waals surface area (Å²) in [5.74, 6) is 1.24. The van der Waals surface area contributed by atoms with Gasteiger partial charge in [-0.25, -0.2) is 0 Å². The highest BCUT2D eigenvalue weighted by atomic mass is 32.2. The van der Waals surface area contributed by atoms with Crippen molar-refractivity contribution in [3.05, 3.63) is 34.4 Å². The predicted octanol–water partition coefficient (Wildman–Crippen LogP) is 2.90. The SMILES string of the molecule is O=[N+]([O-])c1cccc(NCC2CCCS2)c1. The van der Waals surface area contributed by atoms with Crippen molar-refractivity contribution in [1.82, 2.24) is 0 Å². The van der Waals surface area contributed by atoms with Crippen LogP contribution in [-0.4, -0.2) is 22.5 Å². The third-order valence-corrected chi connectivity index (χ3v) is 4.01. The molecular formula is C11H14N2O2S. The van der Waals surface area contributed by atoms with Gasteiger partial charge in [-0.15, -0.1) is 0 Å². The van der Waals surface area contributed by atoms with Crippen LogP contribution in [0.3, 0.4) is 0 Å². The van der Waals surface area contributed by atoms with Crippen molar-refractivity contribution in [1.29, 1.82) is 0 Å². The highest BCUT2D eigenvalue weighted by Crippen LogP contribution is 2.26. The number of nitro groups is 1. The van der Waals surface area contributed by atoms with E-state index in [1.165, 1.54) is 24.7 Å². The van der Waals surface area contributed by atoms with Gasteiger partial charge in [0.1, 0.15) is 0 Å². The molecule has 1 aromatic carbocycles. The van der Waals surface area contributed by atoms with Gasteiger partial charge < -0.3 is 5.32 Å². The normalized spacial score (nSPS) is 19.6. The molecule has 0 aromatic heterocycles. The van der Waals surface area contributed by atoms with E-state index in [2.05, 4.69) is 5.32 Å². The summed E-state index contributed by atoms with van der Waals surface area (Å²) in [5, 5.41) is 14.5. The predicted molar refractivity (Wildman–Crippen MR) is 67.1 cm³/mol. The quantitative estimate of drug-likeness (QED) is 0.647. The van der Waals surface area contributed by atoms with Gasteiger partial charge in [-0.2, -0.15) is 11.8 Å². The molecule has 1 saturated heterocycles. The molecule has 0 aliphatic carbocycles. The Morgan fingerprint density at radius 1 is 1.56 bits per heavy atom. The van der Waals surface area contributed by atoms with Crippen molar-refractivity contribution < 1.29 is 4.92 Å². The molecule has 1 N–H and O–H groups in total. The third-order valence-electron chi connectivity index (χ3n) is 2.61. The van der Waals surface area contributed by atoms with Crippen LogP contribution < -0.4 is 5.32 Å². The van der Waals surface area contributed by atoms with Crippen LogP contribution in [0, 0.1) is 10.1 Å². The lowest BCUT2D eigenvalue weighted by Gasteiger charge is -2.10. The van der Waals surface area contributed by atoms with Gasteiger partial charge in [0.25, 0.3) is 5.69 Å². The number of thioether (sulfide) groups is 1. The number of nitrogens with zero attached hydrogens (tertiary/aromatic N) is 1. The van der Waals surface area contributed by atoms with Gasteiger partial charge in [0.2, 0.25) is 0 Å². The number of non-ortho nitro benzene ring substituents is 1. The Morgan fingerprint density at radius 2 is 2.44 bits per heavy atom. The van der Waals surface area contributed by atoms with E-state index in [4.69, 9.17) is 0 Å². The second-order valence-electron chi connectivity index (χ2n) is 3.82. The van der Waals surface area contributed by atoms with E-state index in [0.29, 0.717) is 5.25 Å². The van der Waals surface area contributed by atoms with Crippen molar-refractivity contribution in [2.45, 2.75) is 18.1 Å². The van der Waals surface area contributed by atoms with Gasteiger partial charge in [-0.1, -0.05) is 6.07 Å². The highest BCUT2D eigenvalue weighted by molar-refractivity contribution is 8.00. The zero-order valence-electron chi connectivity index (χ0n) is 8.89. The maximum absolute atomic E-state index is 10.6. The molecule has 2 rings (SSSR count). The lowest BCUT2D eigenvalue weighted by molar-refractivity contribution is -0.384. The third kappa shape index (κ3) is 2.88. The van der Waals surface area contributed by atoms with Gasteiger partial charge >= 0.3 is 0 Å². The van der Waals surface area contributed by atoms with Crippen LogP contribution in [0.2, 0.25) is 0 Å². The smallest absolute Gasteiger partial charge is 0.271 e. The first kappa shape index (κ1) is 11.3. The average molecular weight is 238 g/mol. The summed E-state index contributed by atoms with van der Waals surface area (Å²) in [4.78, 5) is 10.2. The lowest BCUT2D eigenvalue weighted by atomic mass is 10.2. The van der Waals surface area contributed by atoms with Crippen LogP contribution in [0.1, 0.15) is 12.8 Å². The Balaban J connectivity index is 1.93. The summed E-state index contributed by atoms with van der Waals surface area (Å²) in [6, 6.07) is 6.67. The molecule has 0 amide bonds. The molecule has 1 aromatic rings. The van der Waals surface area contributed by atoms with E-state index in [-0.39, 0.29) is 10.6 Å². The molecule has 16 heavy (non-hydrogen) atoms. The molecular weight excluding hydrogens is 224 g/mol. The van der Waals surface area contributed by atoms with Crippen LogP contribution in [-0.2, 0) is 0 Å². The second-order valence-corrected chi connectivity index (χ2v) is 5.23. The Bertz CT molecular complexity index is 378. The molecule has 1 unspecified atom stereocenters.